The van der Waals surface area contributed by atoms with Crippen molar-refractivity contribution in [2.24, 2.45) is 0 Å². The zero-order chi connectivity index (χ0) is 20.6. The van der Waals surface area contributed by atoms with E-state index in [1.807, 2.05) is 48.5 Å². The van der Waals surface area contributed by atoms with Gasteiger partial charge in [-0.3, -0.25) is 0 Å². The van der Waals surface area contributed by atoms with Gasteiger partial charge in [0.25, 0.3) is 0 Å². The molecule has 0 aromatic heterocycles. The maximum atomic E-state index is 6.21. The number of rotatable bonds is 9. The molecule has 0 bridgehead atoms. The molecule has 0 aliphatic heterocycles. The molecule has 1 N–H and O–H groups in total. The molecule has 0 spiro atoms. The maximum absolute atomic E-state index is 6.21. The highest BCUT2D eigenvalue weighted by atomic mass is 35.5. The first kappa shape index (κ1) is 21.3. The zero-order valence-corrected chi connectivity index (χ0v) is 17.9. The molecule has 0 saturated carbocycles. The number of halogens is 2. The Morgan fingerprint density at radius 2 is 1.48 bits per heavy atom. The summed E-state index contributed by atoms with van der Waals surface area (Å²) in [6, 6.07) is 19.3. The Morgan fingerprint density at radius 3 is 2.17 bits per heavy atom. The minimum Gasteiger partial charge on any atom is -0.497 e. The van der Waals surface area contributed by atoms with Gasteiger partial charge in [-0.05, 0) is 47.5 Å². The summed E-state index contributed by atoms with van der Waals surface area (Å²) < 4.78 is 16.6. The Kier molecular flexibility index (Phi) is 7.64. The van der Waals surface area contributed by atoms with E-state index in [1.165, 1.54) is 5.56 Å². The molecule has 4 nitrogen and oxygen atoms in total. The summed E-state index contributed by atoms with van der Waals surface area (Å²) >= 11 is 12.1. The van der Waals surface area contributed by atoms with Crippen LogP contribution in [0.2, 0.25) is 10.0 Å². The van der Waals surface area contributed by atoms with Crippen molar-refractivity contribution in [1.29, 1.82) is 0 Å². The number of nitrogens with one attached hydrogen (secondary N) is 1. The lowest BCUT2D eigenvalue weighted by atomic mass is 10.1. The third-order valence-corrected chi connectivity index (χ3v) is 5.03. The third-order valence-electron chi connectivity index (χ3n) is 4.44. The molecule has 29 heavy (non-hydrogen) atoms. The highest BCUT2D eigenvalue weighted by Gasteiger charge is 2.08. The zero-order valence-electron chi connectivity index (χ0n) is 16.4. The van der Waals surface area contributed by atoms with Crippen molar-refractivity contribution in [3.8, 4) is 17.2 Å². The SMILES string of the molecule is COc1ccc(CNCc2ccc(OCc3ccc(Cl)cc3Cl)c(OC)c2)cc1. The van der Waals surface area contributed by atoms with Gasteiger partial charge in [0.15, 0.2) is 11.5 Å². The van der Waals surface area contributed by atoms with Crippen molar-refractivity contribution in [3.05, 3.63) is 87.4 Å². The molecule has 0 saturated heterocycles. The predicted octanol–water partition coefficient (Wildman–Crippen LogP) is 5.88. The molecule has 0 fully saturated rings. The molecule has 6 heteroatoms. The fourth-order valence-electron chi connectivity index (χ4n) is 2.83. The average Bonchev–Trinajstić information content (AvgIpc) is 2.74. The molecule has 3 rings (SSSR count). The third kappa shape index (κ3) is 6.04. The monoisotopic (exact) mass is 431 g/mol. The predicted molar refractivity (Wildman–Crippen MR) is 117 cm³/mol. The normalized spacial score (nSPS) is 10.6. The van der Waals surface area contributed by atoms with Gasteiger partial charge in [0, 0.05) is 28.7 Å². The molecule has 0 radical (unpaired) electrons. The average molecular weight is 432 g/mol. The van der Waals surface area contributed by atoms with Crippen molar-refractivity contribution in [1.82, 2.24) is 5.32 Å². The molecule has 0 heterocycles. The Labute approximate surface area is 181 Å². The van der Waals surface area contributed by atoms with Crippen molar-refractivity contribution in [2.75, 3.05) is 14.2 Å². The van der Waals surface area contributed by atoms with Gasteiger partial charge >= 0.3 is 0 Å². The lowest BCUT2D eigenvalue weighted by Crippen LogP contribution is -2.12. The summed E-state index contributed by atoms with van der Waals surface area (Å²) in [5.41, 5.74) is 3.16. The van der Waals surface area contributed by atoms with Crippen LogP contribution < -0.4 is 19.5 Å². The van der Waals surface area contributed by atoms with Gasteiger partial charge in [-0.15, -0.1) is 0 Å². The Balaban J connectivity index is 1.57. The van der Waals surface area contributed by atoms with Crippen molar-refractivity contribution in [2.45, 2.75) is 19.7 Å². The minimum atomic E-state index is 0.335. The number of methoxy groups -OCH3 is 2. The van der Waals surface area contributed by atoms with E-state index in [9.17, 15) is 0 Å². The molecule has 0 aliphatic rings. The number of hydrogen-bond donors (Lipinski definition) is 1. The van der Waals surface area contributed by atoms with Gasteiger partial charge in [-0.2, -0.15) is 0 Å². The van der Waals surface area contributed by atoms with E-state index in [0.29, 0.717) is 34.7 Å². The topological polar surface area (TPSA) is 39.7 Å². The highest BCUT2D eigenvalue weighted by Crippen LogP contribution is 2.30. The van der Waals surface area contributed by atoms with Crippen molar-refractivity contribution < 1.29 is 14.2 Å². The lowest BCUT2D eigenvalue weighted by molar-refractivity contribution is 0.284. The summed E-state index contributed by atoms with van der Waals surface area (Å²) in [5, 5.41) is 4.61. The lowest BCUT2D eigenvalue weighted by Gasteiger charge is -2.13. The van der Waals surface area contributed by atoms with Gasteiger partial charge in [-0.25, -0.2) is 0 Å². The second-order valence-electron chi connectivity index (χ2n) is 6.46. The second-order valence-corrected chi connectivity index (χ2v) is 7.30. The molecule has 0 amide bonds. The van der Waals surface area contributed by atoms with Crippen LogP contribution in [0.25, 0.3) is 0 Å². The fourth-order valence-corrected chi connectivity index (χ4v) is 3.29. The molecule has 0 unspecified atom stereocenters. The quantitative estimate of drug-likeness (QED) is 0.459. The molecule has 152 valence electrons. The second kappa shape index (κ2) is 10.4. The smallest absolute Gasteiger partial charge is 0.161 e. The Hall–Kier alpha value is -2.40. The van der Waals surface area contributed by atoms with Gasteiger partial charge in [-0.1, -0.05) is 47.5 Å². The first-order chi connectivity index (χ1) is 14.1. The van der Waals surface area contributed by atoms with Crippen LogP contribution in [0.15, 0.2) is 60.7 Å². The highest BCUT2D eigenvalue weighted by molar-refractivity contribution is 6.35. The van der Waals surface area contributed by atoms with Crippen LogP contribution in [0, 0.1) is 0 Å². The standard InChI is InChI=1S/C23H23Cl2NO3/c1-27-20-8-3-16(4-9-20)13-26-14-17-5-10-22(23(11-17)28-2)29-15-18-6-7-19(24)12-21(18)25/h3-12,26H,13-15H2,1-2H3. The van der Waals surface area contributed by atoms with E-state index < -0.39 is 0 Å². The number of benzene rings is 3. The van der Waals surface area contributed by atoms with Crippen LogP contribution in [0.1, 0.15) is 16.7 Å². The van der Waals surface area contributed by atoms with Gasteiger partial charge in [0.05, 0.1) is 14.2 Å². The van der Waals surface area contributed by atoms with Gasteiger partial charge < -0.3 is 19.5 Å². The molecule has 0 atom stereocenters. The number of ether oxygens (including phenoxy) is 3. The van der Waals surface area contributed by atoms with Crippen LogP contribution in [-0.4, -0.2) is 14.2 Å². The molecule has 3 aromatic rings. The molecule has 0 aliphatic carbocycles. The fraction of sp³-hybridized carbons (Fsp3) is 0.217. The molecular weight excluding hydrogens is 409 g/mol. The molecule has 3 aromatic carbocycles. The van der Waals surface area contributed by atoms with E-state index in [0.717, 1.165) is 23.4 Å². The van der Waals surface area contributed by atoms with E-state index in [4.69, 9.17) is 37.4 Å². The first-order valence-corrected chi connectivity index (χ1v) is 9.92. The summed E-state index contributed by atoms with van der Waals surface area (Å²) in [6.07, 6.45) is 0. The van der Waals surface area contributed by atoms with Crippen LogP contribution >= 0.6 is 23.2 Å². The number of hydrogen-bond acceptors (Lipinski definition) is 4. The van der Waals surface area contributed by atoms with Crippen LogP contribution in [-0.2, 0) is 19.7 Å². The largest absolute Gasteiger partial charge is 0.497 e. The summed E-state index contributed by atoms with van der Waals surface area (Å²) in [5.74, 6) is 2.20. The van der Waals surface area contributed by atoms with E-state index in [2.05, 4.69) is 5.32 Å². The van der Waals surface area contributed by atoms with Crippen LogP contribution in [0.3, 0.4) is 0 Å². The van der Waals surface area contributed by atoms with Crippen LogP contribution in [0.4, 0.5) is 0 Å². The van der Waals surface area contributed by atoms with Gasteiger partial charge in [0.1, 0.15) is 12.4 Å². The van der Waals surface area contributed by atoms with Gasteiger partial charge in [0.2, 0.25) is 0 Å². The van der Waals surface area contributed by atoms with Crippen molar-refractivity contribution in [3.63, 3.8) is 0 Å². The summed E-state index contributed by atoms with van der Waals surface area (Å²) in [6.45, 7) is 1.81. The molecular formula is C23H23Cl2NO3. The Morgan fingerprint density at radius 1 is 0.759 bits per heavy atom. The summed E-state index contributed by atoms with van der Waals surface area (Å²) in [7, 11) is 3.30. The Bertz CT molecular complexity index is 945. The minimum absolute atomic E-state index is 0.335. The van der Waals surface area contributed by atoms with E-state index in [1.54, 1.807) is 26.4 Å². The van der Waals surface area contributed by atoms with E-state index in [-0.39, 0.29) is 0 Å². The van der Waals surface area contributed by atoms with Crippen LogP contribution in [0.5, 0.6) is 17.2 Å². The van der Waals surface area contributed by atoms with E-state index >= 15 is 0 Å². The summed E-state index contributed by atoms with van der Waals surface area (Å²) in [4.78, 5) is 0. The van der Waals surface area contributed by atoms with Crippen molar-refractivity contribution >= 4 is 23.2 Å². The first-order valence-electron chi connectivity index (χ1n) is 9.16. The maximum Gasteiger partial charge on any atom is 0.161 e.